The van der Waals surface area contributed by atoms with E-state index < -0.39 is 4.92 Å². The molecular formula is C22H20N4O4S. The maximum Gasteiger partial charge on any atom is 0.269 e. The number of nitro groups is 1. The van der Waals surface area contributed by atoms with Crippen LogP contribution in [0.1, 0.15) is 5.56 Å². The lowest BCUT2D eigenvalue weighted by Crippen LogP contribution is -2.23. The van der Waals surface area contributed by atoms with E-state index in [9.17, 15) is 10.1 Å². The summed E-state index contributed by atoms with van der Waals surface area (Å²) < 4.78 is 11.1. The Balaban J connectivity index is 1.37. The number of hydrogen-bond donors (Lipinski definition) is 2. The highest BCUT2D eigenvalue weighted by Crippen LogP contribution is 2.17. The average Bonchev–Trinajstić information content (AvgIpc) is 2.79. The molecule has 2 N–H and O–H groups in total. The Labute approximate surface area is 184 Å². The van der Waals surface area contributed by atoms with Gasteiger partial charge in [0.2, 0.25) is 0 Å². The number of hydrogen-bond acceptors (Lipinski definition) is 6. The van der Waals surface area contributed by atoms with Gasteiger partial charge in [-0.25, -0.2) is 0 Å². The van der Waals surface area contributed by atoms with Crippen LogP contribution in [0.15, 0.2) is 84.0 Å². The first-order chi connectivity index (χ1) is 15.1. The van der Waals surface area contributed by atoms with Gasteiger partial charge in [0, 0.05) is 17.8 Å². The lowest BCUT2D eigenvalue weighted by atomic mass is 10.2. The Hall–Kier alpha value is -3.98. The highest BCUT2D eigenvalue weighted by molar-refractivity contribution is 7.80. The third-order valence-corrected chi connectivity index (χ3v) is 4.15. The Bertz CT molecular complexity index is 1030. The van der Waals surface area contributed by atoms with Crippen molar-refractivity contribution in [2.45, 2.75) is 0 Å². The van der Waals surface area contributed by atoms with Crippen molar-refractivity contribution in [2.75, 3.05) is 18.5 Å². The van der Waals surface area contributed by atoms with Crippen molar-refractivity contribution in [3.63, 3.8) is 0 Å². The minimum absolute atomic E-state index is 0.0247. The number of nitrogens with one attached hydrogen (secondary N) is 2. The fraction of sp³-hybridized carbons (Fsp3) is 0.0909. The van der Waals surface area contributed by atoms with E-state index in [1.165, 1.54) is 12.1 Å². The first-order valence-electron chi connectivity index (χ1n) is 9.35. The van der Waals surface area contributed by atoms with E-state index in [0.29, 0.717) is 29.8 Å². The van der Waals surface area contributed by atoms with Gasteiger partial charge in [0.1, 0.15) is 24.7 Å². The third-order valence-electron chi connectivity index (χ3n) is 3.96. The van der Waals surface area contributed by atoms with Crippen LogP contribution in [0, 0.1) is 10.1 Å². The van der Waals surface area contributed by atoms with Crippen molar-refractivity contribution < 1.29 is 14.4 Å². The van der Waals surface area contributed by atoms with E-state index in [-0.39, 0.29) is 5.69 Å². The molecule has 3 rings (SSSR count). The fourth-order valence-corrected chi connectivity index (χ4v) is 2.65. The molecule has 0 aromatic heterocycles. The summed E-state index contributed by atoms with van der Waals surface area (Å²) >= 11 is 5.19. The molecule has 158 valence electrons. The summed E-state index contributed by atoms with van der Waals surface area (Å²) in [6, 6.07) is 22.9. The van der Waals surface area contributed by atoms with Crippen LogP contribution in [-0.2, 0) is 0 Å². The summed E-state index contributed by atoms with van der Waals surface area (Å²) in [4.78, 5) is 10.2. The molecule has 0 radical (unpaired) electrons. The molecule has 0 aliphatic carbocycles. The maximum absolute atomic E-state index is 10.6. The highest BCUT2D eigenvalue weighted by Gasteiger charge is 2.04. The first-order valence-corrected chi connectivity index (χ1v) is 9.76. The number of non-ortho nitro benzene ring substituents is 1. The molecule has 3 aromatic carbocycles. The van der Waals surface area contributed by atoms with Gasteiger partial charge in [-0.05, 0) is 66.3 Å². The molecule has 0 unspecified atom stereocenters. The Morgan fingerprint density at radius 1 is 0.935 bits per heavy atom. The van der Waals surface area contributed by atoms with Crippen molar-refractivity contribution in [3.8, 4) is 11.5 Å². The van der Waals surface area contributed by atoms with Crippen LogP contribution in [0.25, 0.3) is 0 Å². The number of ether oxygens (including phenoxy) is 2. The van der Waals surface area contributed by atoms with Gasteiger partial charge >= 0.3 is 0 Å². The topological polar surface area (TPSA) is 98.0 Å². The van der Waals surface area contributed by atoms with Gasteiger partial charge in [0.15, 0.2) is 5.11 Å². The average molecular weight is 436 g/mol. The van der Waals surface area contributed by atoms with Gasteiger partial charge in [0.05, 0.1) is 11.1 Å². The lowest BCUT2D eigenvalue weighted by Gasteiger charge is -2.08. The number of para-hydroxylation sites is 1. The molecule has 0 spiro atoms. The quantitative estimate of drug-likeness (QED) is 0.169. The number of anilines is 1. The monoisotopic (exact) mass is 436 g/mol. The van der Waals surface area contributed by atoms with Gasteiger partial charge < -0.3 is 14.8 Å². The van der Waals surface area contributed by atoms with Crippen molar-refractivity contribution in [1.82, 2.24) is 5.43 Å². The predicted molar refractivity (Wildman–Crippen MR) is 124 cm³/mol. The van der Waals surface area contributed by atoms with E-state index in [4.69, 9.17) is 21.7 Å². The highest BCUT2D eigenvalue weighted by atomic mass is 32.1. The number of nitro benzene ring substituents is 1. The Kier molecular flexibility index (Phi) is 7.90. The largest absolute Gasteiger partial charge is 0.490 e. The number of thiocarbonyl (C=S) groups is 1. The van der Waals surface area contributed by atoms with Crippen LogP contribution in [-0.4, -0.2) is 29.5 Å². The summed E-state index contributed by atoms with van der Waals surface area (Å²) in [6.45, 7) is 0.655. The van der Waals surface area contributed by atoms with E-state index in [2.05, 4.69) is 15.8 Å². The first kappa shape index (κ1) is 21.7. The molecule has 8 nitrogen and oxygen atoms in total. The van der Waals surface area contributed by atoms with E-state index in [1.807, 2.05) is 54.6 Å². The molecule has 0 saturated heterocycles. The Morgan fingerprint density at radius 2 is 1.52 bits per heavy atom. The predicted octanol–water partition coefficient (Wildman–Crippen LogP) is 4.37. The summed E-state index contributed by atoms with van der Waals surface area (Å²) in [6.07, 6.45) is 1.65. The van der Waals surface area contributed by atoms with Crippen LogP contribution in [0.4, 0.5) is 11.4 Å². The molecule has 0 amide bonds. The zero-order valence-electron chi connectivity index (χ0n) is 16.4. The Morgan fingerprint density at radius 3 is 2.10 bits per heavy atom. The summed E-state index contributed by atoms with van der Waals surface area (Å²) in [7, 11) is 0. The summed E-state index contributed by atoms with van der Waals surface area (Å²) in [5, 5.41) is 18.2. The molecule has 0 atom stereocenters. The van der Waals surface area contributed by atoms with E-state index >= 15 is 0 Å². The van der Waals surface area contributed by atoms with Crippen LogP contribution in [0.5, 0.6) is 11.5 Å². The van der Waals surface area contributed by atoms with Crippen LogP contribution >= 0.6 is 12.2 Å². The molecule has 0 fully saturated rings. The molecule has 0 aliphatic rings. The molecule has 9 heteroatoms. The van der Waals surface area contributed by atoms with Gasteiger partial charge in [-0.3, -0.25) is 15.5 Å². The fourth-order valence-electron chi connectivity index (χ4n) is 2.48. The van der Waals surface area contributed by atoms with Gasteiger partial charge in [-0.2, -0.15) is 5.10 Å². The van der Waals surface area contributed by atoms with Gasteiger partial charge in [0.25, 0.3) is 5.69 Å². The van der Waals surface area contributed by atoms with Crippen LogP contribution in [0.3, 0.4) is 0 Å². The number of hydrazone groups is 1. The van der Waals surface area contributed by atoms with Crippen LogP contribution < -0.4 is 20.2 Å². The van der Waals surface area contributed by atoms with Crippen molar-refractivity contribution in [2.24, 2.45) is 5.10 Å². The SMILES string of the molecule is O=[N+]([O-])c1ccc(OCCOc2ccc(/C=N/NC(=S)Nc3ccccc3)cc2)cc1. The zero-order chi connectivity index (χ0) is 21.9. The summed E-state index contributed by atoms with van der Waals surface area (Å²) in [5.41, 5.74) is 4.55. The maximum atomic E-state index is 10.6. The number of rotatable bonds is 9. The lowest BCUT2D eigenvalue weighted by molar-refractivity contribution is -0.384. The molecule has 3 aromatic rings. The number of nitrogens with zero attached hydrogens (tertiary/aromatic N) is 2. The molecule has 0 saturated carbocycles. The number of benzene rings is 3. The van der Waals surface area contributed by atoms with Gasteiger partial charge in [-0.1, -0.05) is 18.2 Å². The second kappa shape index (κ2) is 11.3. The molecule has 31 heavy (non-hydrogen) atoms. The normalized spacial score (nSPS) is 10.5. The second-order valence-electron chi connectivity index (χ2n) is 6.21. The van der Waals surface area contributed by atoms with E-state index in [0.717, 1.165) is 11.3 Å². The van der Waals surface area contributed by atoms with Gasteiger partial charge in [-0.15, -0.1) is 0 Å². The molecular weight excluding hydrogens is 416 g/mol. The molecule has 0 heterocycles. The molecule has 0 aliphatic heterocycles. The standard InChI is InChI=1S/C22H20N4O4S/c27-26(28)19-8-12-21(13-9-19)30-15-14-29-20-10-6-17(7-11-20)16-23-25-22(31)24-18-4-2-1-3-5-18/h1-13,16H,14-15H2,(H2,24,25,31)/b23-16+. The zero-order valence-corrected chi connectivity index (χ0v) is 17.2. The van der Waals surface area contributed by atoms with Crippen molar-refractivity contribution >= 4 is 34.9 Å². The molecule has 0 bridgehead atoms. The second-order valence-corrected chi connectivity index (χ2v) is 6.62. The summed E-state index contributed by atoms with van der Waals surface area (Å²) in [5.74, 6) is 1.24. The third kappa shape index (κ3) is 7.41. The van der Waals surface area contributed by atoms with Crippen molar-refractivity contribution in [3.05, 3.63) is 94.5 Å². The van der Waals surface area contributed by atoms with Crippen molar-refractivity contribution in [1.29, 1.82) is 0 Å². The minimum atomic E-state index is -0.451. The van der Waals surface area contributed by atoms with E-state index in [1.54, 1.807) is 18.3 Å². The minimum Gasteiger partial charge on any atom is -0.490 e. The van der Waals surface area contributed by atoms with Crippen LogP contribution in [0.2, 0.25) is 0 Å². The smallest absolute Gasteiger partial charge is 0.269 e.